The number of hydrogen-bond acceptors (Lipinski definition) is 7. The Hall–Kier alpha value is -5.08. The smallest absolute Gasteiger partial charge is 0.161 e. The fraction of sp³-hybridized carbons (Fsp3) is 0.273. The Morgan fingerprint density at radius 2 is 0.882 bits per heavy atom. The summed E-state index contributed by atoms with van der Waals surface area (Å²) in [7, 11) is 6.87. The van der Waals surface area contributed by atoms with Crippen LogP contribution in [0.3, 0.4) is 0 Å². The first-order valence-corrected chi connectivity index (χ1v) is 17.7. The average molecular weight is 677 g/mol. The summed E-state index contributed by atoms with van der Waals surface area (Å²) in [5.41, 5.74) is 6.13. The van der Waals surface area contributed by atoms with Gasteiger partial charge in [0, 0.05) is 13.1 Å². The molecule has 256 valence electrons. The molecular formula is C44H40N2O5. The minimum Gasteiger partial charge on any atom is -0.493 e. The maximum Gasteiger partial charge on any atom is 0.161 e. The zero-order valence-electron chi connectivity index (χ0n) is 29.3. The zero-order valence-corrected chi connectivity index (χ0v) is 29.3. The van der Waals surface area contributed by atoms with E-state index in [1.807, 2.05) is 0 Å². The molecule has 6 aromatic rings. The lowest BCUT2D eigenvalue weighted by atomic mass is 9.66. The van der Waals surface area contributed by atoms with Gasteiger partial charge >= 0.3 is 0 Å². The van der Waals surface area contributed by atoms with Gasteiger partial charge in [-0.15, -0.1) is 0 Å². The highest BCUT2D eigenvalue weighted by Gasteiger charge is 2.75. The van der Waals surface area contributed by atoms with Gasteiger partial charge in [0.05, 0.1) is 28.4 Å². The van der Waals surface area contributed by atoms with E-state index in [-0.39, 0.29) is 12.5 Å². The van der Waals surface area contributed by atoms with Crippen LogP contribution in [0, 0.1) is 0 Å². The van der Waals surface area contributed by atoms with Crippen molar-refractivity contribution in [1.82, 2.24) is 9.80 Å². The third-order valence-corrected chi connectivity index (χ3v) is 12.1. The fourth-order valence-corrected chi connectivity index (χ4v) is 9.96. The molecule has 7 heteroatoms. The van der Waals surface area contributed by atoms with Crippen molar-refractivity contribution in [2.24, 2.45) is 0 Å². The standard InChI is InChI=1S/C44H40N2O5/c1-47-37-23-31-17-19-45-42-44(34-16-14-28-10-6-8-12-30(28)22-34)36-26-40(50-4)38(48-2)24-32(36)18-20-46(44)41(51-42)43(45,35(31)25-39(37)49-3)33-15-13-27-9-5-7-11-29(27)21-33/h5-16,21-26,41-42H,17-20H2,1-4H3/t41-,42-,43+,44+/m1/s1. The summed E-state index contributed by atoms with van der Waals surface area (Å²) in [4.78, 5) is 5.32. The van der Waals surface area contributed by atoms with E-state index >= 15 is 0 Å². The summed E-state index contributed by atoms with van der Waals surface area (Å²) in [6.45, 7) is 1.62. The summed E-state index contributed by atoms with van der Waals surface area (Å²) < 4.78 is 31.3. The number of fused-ring (bicyclic) bond motifs is 14. The Bertz CT molecular complexity index is 2210. The highest BCUT2D eigenvalue weighted by atomic mass is 16.6. The number of ether oxygens (including phenoxy) is 5. The largest absolute Gasteiger partial charge is 0.493 e. The Balaban J connectivity index is 1.28. The Kier molecular flexibility index (Phi) is 6.75. The van der Waals surface area contributed by atoms with Crippen molar-refractivity contribution in [3.05, 3.63) is 143 Å². The van der Waals surface area contributed by atoms with Crippen molar-refractivity contribution in [1.29, 1.82) is 0 Å². The quantitative estimate of drug-likeness (QED) is 0.168. The number of hydrogen-bond donors (Lipinski definition) is 0. The van der Waals surface area contributed by atoms with Gasteiger partial charge < -0.3 is 23.7 Å². The van der Waals surface area contributed by atoms with Crippen LogP contribution < -0.4 is 18.9 Å². The Morgan fingerprint density at radius 1 is 0.490 bits per heavy atom. The summed E-state index contributed by atoms with van der Waals surface area (Å²) in [5.74, 6) is 2.95. The third kappa shape index (κ3) is 3.94. The van der Waals surface area contributed by atoms with Gasteiger partial charge in [-0.2, -0.15) is 0 Å². The van der Waals surface area contributed by atoms with Crippen molar-refractivity contribution < 1.29 is 23.7 Å². The van der Waals surface area contributed by atoms with Crippen LogP contribution >= 0.6 is 0 Å². The van der Waals surface area contributed by atoms with Crippen molar-refractivity contribution >= 4 is 21.5 Å². The van der Waals surface area contributed by atoms with Gasteiger partial charge in [-0.05, 0) is 104 Å². The van der Waals surface area contributed by atoms with E-state index < -0.39 is 11.1 Å². The highest BCUT2D eigenvalue weighted by Crippen LogP contribution is 2.65. The SMILES string of the molecule is COc1cc2c(cc1OC)[C@@]1(c3ccc4ccccc4c3)[C@H]3O[C@@H](N1CC2)[C@]1(c2ccc4ccccc4c2)c2cc(OC)c(OC)cc2CCN31. The Morgan fingerprint density at radius 3 is 1.29 bits per heavy atom. The number of piperazine rings is 1. The molecule has 0 aliphatic carbocycles. The van der Waals surface area contributed by atoms with E-state index in [1.54, 1.807) is 28.4 Å². The predicted molar refractivity (Wildman–Crippen MR) is 198 cm³/mol. The fourth-order valence-electron chi connectivity index (χ4n) is 9.96. The van der Waals surface area contributed by atoms with Gasteiger partial charge in [-0.1, -0.05) is 72.8 Å². The summed E-state index contributed by atoms with van der Waals surface area (Å²) in [6, 6.07) is 39.9. The van der Waals surface area contributed by atoms with Crippen LogP contribution in [0.5, 0.6) is 23.0 Å². The predicted octanol–water partition coefficient (Wildman–Crippen LogP) is 7.63. The van der Waals surface area contributed by atoms with Crippen molar-refractivity contribution in [2.75, 3.05) is 41.5 Å². The number of nitrogens with zero attached hydrogens (tertiary/aromatic N) is 2. The minimum atomic E-state index is -0.615. The molecule has 7 nitrogen and oxygen atoms in total. The zero-order chi connectivity index (χ0) is 34.5. The first kappa shape index (κ1) is 30.7. The molecule has 0 saturated carbocycles. The lowest BCUT2D eigenvalue weighted by molar-refractivity contribution is -0.0708. The van der Waals surface area contributed by atoms with Gasteiger partial charge in [0.2, 0.25) is 0 Å². The van der Waals surface area contributed by atoms with Crippen molar-refractivity contribution in [3.8, 4) is 23.0 Å². The average Bonchev–Trinajstić information content (AvgIpc) is 3.73. The second-order valence-corrected chi connectivity index (χ2v) is 14.1. The van der Waals surface area contributed by atoms with E-state index in [0.717, 1.165) is 48.9 Å². The minimum absolute atomic E-state index is 0.312. The van der Waals surface area contributed by atoms with E-state index in [1.165, 1.54) is 54.9 Å². The molecule has 0 N–H and O–H groups in total. The third-order valence-electron chi connectivity index (χ3n) is 12.1. The van der Waals surface area contributed by atoms with Crippen LogP contribution in [-0.2, 0) is 28.7 Å². The summed E-state index contributed by atoms with van der Waals surface area (Å²) >= 11 is 0. The number of rotatable bonds is 6. The molecule has 4 atom stereocenters. The van der Waals surface area contributed by atoms with Crippen LogP contribution in [0.25, 0.3) is 21.5 Å². The summed E-state index contributed by atoms with van der Waals surface area (Å²) in [6.07, 6.45) is 1.08. The molecule has 10 rings (SSSR count). The van der Waals surface area contributed by atoms with E-state index in [4.69, 9.17) is 23.7 Å². The van der Waals surface area contributed by atoms with E-state index in [2.05, 4.69) is 119 Å². The molecule has 4 aliphatic heterocycles. The van der Waals surface area contributed by atoms with Crippen LogP contribution in [0.4, 0.5) is 0 Å². The van der Waals surface area contributed by atoms with Crippen LogP contribution in [-0.4, -0.2) is 63.8 Å². The first-order valence-electron chi connectivity index (χ1n) is 17.7. The van der Waals surface area contributed by atoms with Crippen molar-refractivity contribution in [3.63, 3.8) is 0 Å². The van der Waals surface area contributed by atoms with E-state index in [9.17, 15) is 0 Å². The molecule has 2 bridgehead atoms. The van der Waals surface area contributed by atoms with Gasteiger partial charge in [-0.3, -0.25) is 9.80 Å². The first-order chi connectivity index (χ1) is 25.1. The molecule has 2 fully saturated rings. The van der Waals surface area contributed by atoms with Crippen LogP contribution in [0.1, 0.15) is 33.4 Å². The molecule has 0 spiro atoms. The van der Waals surface area contributed by atoms with Gasteiger partial charge in [-0.25, -0.2) is 0 Å². The van der Waals surface area contributed by atoms with Gasteiger partial charge in [0.15, 0.2) is 23.0 Å². The summed E-state index contributed by atoms with van der Waals surface area (Å²) in [5, 5.41) is 4.85. The van der Waals surface area contributed by atoms with Gasteiger partial charge in [0.25, 0.3) is 0 Å². The topological polar surface area (TPSA) is 52.6 Å². The van der Waals surface area contributed by atoms with Crippen LogP contribution in [0.2, 0.25) is 0 Å². The van der Waals surface area contributed by atoms with Crippen molar-refractivity contribution in [2.45, 2.75) is 36.4 Å². The molecule has 0 unspecified atom stereocenters. The normalized spacial score (nSPS) is 24.9. The molecule has 6 aromatic carbocycles. The molecule has 0 aromatic heterocycles. The van der Waals surface area contributed by atoms with Crippen LogP contribution in [0.15, 0.2) is 109 Å². The molecular weight excluding hydrogens is 636 g/mol. The van der Waals surface area contributed by atoms with E-state index in [0.29, 0.717) is 0 Å². The Labute approximate surface area is 297 Å². The lowest BCUT2D eigenvalue weighted by Crippen LogP contribution is -2.71. The van der Waals surface area contributed by atoms with Gasteiger partial charge in [0.1, 0.15) is 23.5 Å². The maximum absolute atomic E-state index is 7.59. The second kappa shape index (κ2) is 11.2. The second-order valence-electron chi connectivity index (χ2n) is 14.1. The molecule has 0 amide bonds. The molecule has 0 radical (unpaired) electrons. The molecule has 4 aliphatic rings. The number of methoxy groups -OCH3 is 4. The monoisotopic (exact) mass is 676 g/mol. The number of benzene rings is 6. The molecule has 4 heterocycles. The highest BCUT2D eigenvalue weighted by molar-refractivity contribution is 5.85. The lowest BCUT2D eigenvalue weighted by Gasteiger charge is -2.60. The molecule has 2 saturated heterocycles. The maximum atomic E-state index is 7.59. The molecule has 51 heavy (non-hydrogen) atoms.